The lowest BCUT2D eigenvalue weighted by Gasteiger charge is -2.33. The third kappa shape index (κ3) is 1.64. The van der Waals surface area contributed by atoms with Gasteiger partial charge in [-0.05, 0) is 36.0 Å². The average molecular weight is 170 g/mol. The largest absolute Gasteiger partial charge is 0.148 e. The molecule has 0 aromatic heterocycles. The van der Waals surface area contributed by atoms with Gasteiger partial charge in [0.15, 0.2) is 0 Å². The summed E-state index contributed by atoms with van der Waals surface area (Å²) in [6, 6.07) is 0. The van der Waals surface area contributed by atoms with E-state index in [9.17, 15) is 0 Å². The minimum Gasteiger partial charge on any atom is -0.148 e. The van der Waals surface area contributed by atoms with Gasteiger partial charge in [0.1, 0.15) is 0 Å². The van der Waals surface area contributed by atoms with Gasteiger partial charge in [-0.15, -0.1) is 12.6 Å². The molecule has 1 aliphatic rings. The Balaban J connectivity index is 2.86. The highest BCUT2D eigenvalue weighted by Crippen LogP contribution is 2.39. The molecule has 0 spiro atoms. The van der Waals surface area contributed by atoms with E-state index in [1.165, 1.54) is 16.9 Å². The molecule has 0 aromatic rings. The first kappa shape index (κ1) is 9.18. The molecule has 0 aliphatic heterocycles. The Bertz CT molecular complexity index is 181. The van der Waals surface area contributed by atoms with Gasteiger partial charge in [0.25, 0.3) is 0 Å². The van der Waals surface area contributed by atoms with Crippen LogP contribution in [0.2, 0.25) is 0 Å². The van der Waals surface area contributed by atoms with Gasteiger partial charge in [0, 0.05) is 0 Å². The first-order chi connectivity index (χ1) is 5.04. The maximum atomic E-state index is 4.50. The highest BCUT2D eigenvalue weighted by atomic mass is 32.1. The van der Waals surface area contributed by atoms with E-state index >= 15 is 0 Å². The molecular weight excluding hydrogens is 152 g/mol. The Hall–Kier alpha value is 0.0900. The van der Waals surface area contributed by atoms with Crippen molar-refractivity contribution in [3.8, 4) is 0 Å². The Labute approximate surface area is 75.5 Å². The van der Waals surface area contributed by atoms with Crippen LogP contribution in [-0.4, -0.2) is 0 Å². The zero-order chi connectivity index (χ0) is 8.59. The van der Waals surface area contributed by atoms with Crippen LogP contribution in [0.4, 0.5) is 0 Å². The molecule has 0 heterocycles. The normalized spacial score (nSPS) is 39.5. The van der Waals surface area contributed by atoms with Crippen LogP contribution in [0.25, 0.3) is 0 Å². The standard InChI is InChI=1S/C10H18S/c1-6-5-10(11)9(4)8(3)7(6)2/h6-8,11H,5H2,1-4H3. The van der Waals surface area contributed by atoms with Gasteiger partial charge in [0.2, 0.25) is 0 Å². The highest BCUT2D eigenvalue weighted by Gasteiger charge is 2.26. The van der Waals surface area contributed by atoms with Crippen molar-refractivity contribution in [1.82, 2.24) is 0 Å². The second-order valence-electron chi connectivity index (χ2n) is 3.96. The lowest BCUT2D eigenvalue weighted by Crippen LogP contribution is -2.22. The van der Waals surface area contributed by atoms with Gasteiger partial charge >= 0.3 is 0 Å². The van der Waals surface area contributed by atoms with E-state index in [4.69, 9.17) is 0 Å². The van der Waals surface area contributed by atoms with Crippen LogP contribution in [0.3, 0.4) is 0 Å². The second kappa shape index (κ2) is 3.22. The Morgan fingerprint density at radius 1 is 1.27 bits per heavy atom. The van der Waals surface area contributed by atoms with Crippen LogP contribution in [0.1, 0.15) is 34.1 Å². The molecular formula is C10H18S. The first-order valence-electron chi connectivity index (χ1n) is 4.42. The van der Waals surface area contributed by atoms with E-state index in [-0.39, 0.29) is 0 Å². The van der Waals surface area contributed by atoms with Gasteiger partial charge in [0.05, 0.1) is 0 Å². The number of hydrogen-bond acceptors (Lipinski definition) is 1. The molecule has 3 unspecified atom stereocenters. The number of rotatable bonds is 0. The Kier molecular flexibility index (Phi) is 2.69. The zero-order valence-corrected chi connectivity index (χ0v) is 8.78. The van der Waals surface area contributed by atoms with Crippen LogP contribution in [-0.2, 0) is 0 Å². The SMILES string of the molecule is CC1=C(S)CC(C)C(C)C1C. The van der Waals surface area contributed by atoms with Crippen molar-refractivity contribution in [2.75, 3.05) is 0 Å². The maximum Gasteiger partial charge on any atom is -0.0189 e. The van der Waals surface area contributed by atoms with E-state index in [2.05, 4.69) is 40.3 Å². The lowest BCUT2D eigenvalue weighted by molar-refractivity contribution is 0.290. The molecule has 11 heavy (non-hydrogen) atoms. The summed E-state index contributed by atoms with van der Waals surface area (Å²) in [5.74, 6) is 2.36. The van der Waals surface area contributed by atoms with Gasteiger partial charge < -0.3 is 0 Å². The minimum absolute atomic E-state index is 0.728. The van der Waals surface area contributed by atoms with Crippen LogP contribution < -0.4 is 0 Å². The van der Waals surface area contributed by atoms with Crippen LogP contribution in [0.5, 0.6) is 0 Å². The van der Waals surface area contributed by atoms with Crippen molar-refractivity contribution in [2.24, 2.45) is 17.8 Å². The van der Waals surface area contributed by atoms with Crippen molar-refractivity contribution in [3.05, 3.63) is 10.5 Å². The van der Waals surface area contributed by atoms with Gasteiger partial charge in [-0.25, -0.2) is 0 Å². The molecule has 64 valence electrons. The third-order valence-corrected chi connectivity index (χ3v) is 3.88. The third-order valence-electron chi connectivity index (χ3n) is 3.34. The number of thiol groups is 1. The molecule has 1 rings (SSSR count). The van der Waals surface area contributed by atoms with Crippen LogP contribution in [0, 0.1) is 17.8 Å². The predicted molar refractivity (Wildman–Crippen MR) is 53.8 cm³/mol. The van der Waals surface area contributed by atoms with E-state index in [1.54, 1.807) is 0 Å². The van der Waals surface area contributed by atoms with Gasteiger partial charge in [-0.3, -0.25) is 0 Å². The molecule has 0 aromatic carbocycles. The molecule has 1 aliphatic carbocycles. The van der Waals surface area contributed by atoms with Crippen molar-refractivity contribution >= 4 is 12.6 Å². The van der Waals surface area contributed by atoms with E-state index in [0.717, 1.165) is 17.8 Å². The Morgan fingerprint density at radius 3 is 2.36 bits per heavy atom. The fourth-order valence-corrected chi connectivity index (χ4v) is 2.29. The zero-order valence-electron chi connectivity index (χ0n) is 7.89. The number of hydrogen-bond donors (Lipinski definition) is 1. The average Bonchev–Trinajstić information content (AvgIpc) is 1.97. The first-order valence-corrected chi connectivity index (χ1v) is 4.87. The molecule has 0 nitrogen and oxygen atoms in total. The fraction of sp³-hybridized carbons (Fsp3) is 0.800. The minimum atomic E-state index is 0.728. The summed E-state index contributed by atoms with van der Waals surface area (Å²) in [7, 11) is 0. The predicted octanol–water partition coefficient (Wildman–Crippen LogP) is 3.50. The molecule has 0 saturated carbocycles. The summed E-state index contributed by atoms with van der Waals surface area (Å²) >= 11 is 4.50. The Morgan fingerprint density at radius 2 is 1.82 bits per heavy atom. The molecule has 0 bridgehead atoms. The van der Waals surface area contributed by atoms with Crippen LogP contribution >= 0.6 is 12.6 Å². The fourth-order valence-electron chi connectivity index (χ4n) is 1.80. The second-order valence-corrected chi connectivity index (χ2v) is 4.50. The van der Waals surface area contributed by atoms with Crippen molar-refractivity contribution in [1.29, 1.82) is 0 Å². The molecule has 0 N–H and O–H groups in total. The molecule has 0 fully saturated rings. The highest BCUT2D eigenvalue weighted by molar-refractivity contribution is 7.84. The van der Waals surface area contributed by atoms with Crippen molar-refractivity contribution in [3.63, 3.8) is 0 Å². The summed E-state index contributed by atoms with van der Waals surface area (Å²) in [6.07, 6.45) is 1.18. The van der Waals surface area contributed by atoms with Gasteiger partial charge in [-0.2, -0.15) is 0 Å². The summed E-state index contributed by atoms with van der Waals surface area (Å²) in [5, 5.41) is 0. The maximum absolute atomic E-state index is 4.50. The molecule has 0 amide bonds. The lowest BCUT2D eigenvalue weighted by atomic mass is 9.75. The smallest absolute Gasteiger partial charge is 0.0189 e. The number of allylic oxidation sites excluding steroid dienone is 2. The summed E-state index contributed by atoms with van der Waals surface area (Å²) < 4.78 is 0. The molecule has 0 saturated heterocycles. The van der Waals surface area contributed by atoms with E-state index in [1.807, 2.05) is 0 Å². The van der Waals surface area contributed by atoms with Gasteiger partial charge in [-0.1, -0.05) is 26.3 Å². The van der Waals surface area contributed by atoms with E-state index < -0.39 is 0 Å². The quantitative estimate of drug-likeness (QED) is 0.528. The summed E-state index contributed by atoms with van der Waals surface area (Å²) in [4.78, 5) is 1.32. The summed E-state index contributed by atoms with van der Waals surface area (Å²) in [6.45, 7) is 9.20. The monoisotopic (exact) mass is 170 g/mol. The molecule has 1 heteroatoms. The topological polar surface area (TPSA) is 0 Å². The van der Waals surface area contributed by atoms with E-state index in [0.29, 0.717) is 0 Å². The molecule has 0 radical (unpaired) electrons. The molecule has 3 atom stereocenters. The summed E-state index contributed by atoms with van der Waals surface area (Å²) in [5.41, 5.74) is 1.50. The van der Waals surface area contributed by atoms with Crippen LogP contribution in [0.15, 0.2) is 10.5 Å². The van der Waals surface area contributed by atoms with Crippen molar-refractivity contribution in [2.45, 2.75) is 34.1 Å². The van der Waals surface area contributed by atoms with Crippen molar-refractivity contribution < 1.29 is 0 Å².